The fourth-order valence-corrected chi connectivity index (χ4v) is 1.20. The van der Waals surface area contributed by atoms with Gasteiger partial charge in [0.15, 0.2) is 0 Å². The van der Waals surface area contributed by atoms with E-state index in [0.717, 1.165) is 12.0 Å². The van der Waals surface area contributed by atoms with Crippen LogP contribution in [0, 0.1) is 0 Å². The van der Waals surface area contributed by atoms with Gasteiger partial charge in [-0.2, -0.15) is 0 Å². The highest BCUT2D eigenvalue weighted by molar-refractivity contribution is 5.85. The predicted octanol–water partition coefficient (Wildman–Crippen LogP) is 0.578. The largest absolute Gasteiger partial charge is 0.398 e. The van der Waals surface area contributed by atoms with E-state index in [1.165, 1.54) is 0 Å². The van der Waals surface area contributed by atoms with Gasteiger partial charge in [0.2, 0.25) is 0 Å². The molecule has 4 nitrogen and oxygen atoms in total. The molecule has 0 aromatic heterocycles. The molecule has 1 rings (SSSR count). The second-order valence-corrected chi connectivity index (χ2v) is 2.71. The van der Waals surface area contributed by atoms with Crippen LogP contribution in [0.5, 0.6) is 0 Å². The molecule has 8 N–H and O–H groups in total. The van der Waals surface area contributed by atoms with E-state index in [0.29, 0.717) is 22.7 Å². The second-order valence-electron chi connectivity index (χ2n) is 2.71. The summed E-state index contributed by atoms with van der Waals surface area (Å²) in [4.78, 5) is 0. The van der Waals surface area contributed by atoms with Crippen LogP contribution in [-0.2, 0) is 6.42 Å². The molecule has 0 aliphatic carbocycles. The highest BCUT2D eigenvalue weighted by atomic mass is 14.8. The van der Waals surface area contributed by atoms with Gasteiger partial charge >= 0.3 is 0 Å². The zero-order valence-corrected chi connectivity index (χ0v) is 7.09. The summed E-state index contributed by atoms with van der Waals surface area (Å²) in [6.07, 6.45) is 0.766. The lowest BCUT2D eigenvalue weighted by Gasteiger charge is -2.11. The molecule has 0 saturated carbocycles. The predicted molar refractivity (Wildman–Crippen MR) is 53.5 cm³/mol. The normalized spacial score (nSPS) is 10.1. The number of anilines is 4. The van der Waals surface area contributed by atoms with Crippen molar-refractivity contribution in [3.8, 4) is 0 Å². The fourth-order valence-electron chi connectivity index (χ4n) is 1.20. The maximum atomic E-state index is 5.71. The van der Waals surface area contributed by atoms with Crippen molar-refractivity contribution < 1.29 is 0 Å². The molecule has 0 unspecified atom stereocenters. The monoisotopic (exact) mass is 166 g/mol. The van der Waals surface area contributed by atoms with E-state index in [9.17, 15) is 0 Å². The van der Waals surface area contributed by atoms with Crippen molar-refractivity contribution in [2.75, 3.05) is 22.9 Å². The Bertz CT molecular complexity index is 306. The first-order valence-corrected chi connectivity index (χ1v) is 3.79. The van der Waals surface area contributed by atoms with Gasteiger partial charge in [-0.1, -0.05) is 6.92 Å². The van der Waals surface area contributed by atoms with Gasteiger partial charge in [0.05, 0.1) is 17.1 Å². The lowest BCUT2D eigenvalue weighted by atomic mass is 10.1. The molecular formula is C8H14N4. The van der Waals surface area contributed by atoms with Crippen LogP contribution in [0.25, 0.3) is 0 Å². The Morgan fingerprint density at radius 3 is 2.08 bits per heavy atom. The van der Waals surface area contributed by atoms with Gasteiger partial charge in [-0.15, -0.1) is 0 Å². The maximum Gasteiger partial charge on any atom is 0.0785 e. The highest BCUT2D eigenvalue weighted by Gasteiger charge is 2.08. The molecule has 1 aromatic carbocycles. The van der Waals surface area contributed by atoms with E-state index in [4.69, 9.17) is 22.9 Å². The first kappa shape index (κ1) is 8.52. The molecule has 0 fully saturated rings. The zero-order chi connectivity index (χ0) is 9.30. The molecule has 0 aliphatic heterocycles. The van der Waals surface area contributed by atoms with E-state index in [-0.39, 0.29) is 0 Å². The minimum Gasteiger partial charge on any atom is -0.398 e. The summed E-state index contributed by atoms with van der Waals surface area (Å²) in [6.45, 7) is 1.97. The van der Waals surface area contributed by atoms with Crippen molar-refractivity contribution in [3.05, 3.63) is 11.6 Å². The number of hydrogen-bond donors (Lipinski definition) is 4. The van der Waals surface area contributed by atoms with Gasteiger partial charge < -0.3 is 22.9 Å². The van der Waals surface area contributed by atoms with Crippen molar-refractivity contribution in [1.82, 2.24) is 0 Å². The van der Waals surface area contributed by atoms with Gasteiger partial charge in [0, 0.05) is 5.69 Å². The average Bonchev–Trinajstić information content (AvgIpc) is 2.01. The Labute approximate surface area is 71.5 Å². The first-order valence-electron chi connectivity index (χ1n) is 3.79. The number of nitrogen functional groups attached to an aromatic ring is 4. The van der Waals surface area contributed by atoms with E-state index < -0.39 is 0 Å². The molecule has 0 spiro atoms. The third kappa shape index (κ3) is 1.11. The molecule has 0 amide bonds. The molecule has 0 heterocycles. The number of rotatable bonds is 1. The quantitative estimate of drug-likeness (QED) is 0.458. The Morgan fingerprint density at radius 2 is 1.58 bits per heavy atom. The topological polar surface area (TPSA) is 104 Å². The molecule has 66 valence electrons. The smallest absolute Gasteiger partial charge is 0.0785 e. The molecular weight excluding hydrogens is 152 g/mol. The van der Waals surface area contributed by atoms with E-state index in [1.54, 1.807) is 6.07 Å². The molecule has 0 aliphatic rings. The summed E-state index contributed by atoms with van der Waals surface area (Å²) in [5.74, 6) is 0. The van der Waals surface area contributed by atoms with Crippen molar-refractivity contribution >= 4 is 22.7 Å². The minimum atomic E-state index is 0.432. The SMILES string of the molecule is CCc1c(N)cc(N)c(N)c1N. The standard InChI is InChI=1S/C8H14N4/c1-2-4-5(9)3-6(10)8(12)7(4)11/h3H,2,9-12H2,1H3. The molecule has 1 aromatic rings. The van der Waals surface area contributed by atoms with Gasteiger partial charge in [-0.05, 0) is 18.1 Å². The van der Waals surface area contributed by atoms with Crippen LogP contribution in [-0.4, -0.2) is 0 Å². The second kappa shape index (κ2) is 2.81. The number of nitrogens with two attached hydrogens (primary N) is 4. The Kier molecular flexibility index (Phi) is 1.99. The van der Waals surface area contributed by atoms with Crippen molar-refractivity contribution in [2.45, 2.75) is 13.3 Å². The lowest BCUT2D eigenvalue weighted by Crippen LogP contribution is -2.06. The maximum absolute atomic E-state index is 5.71. The van der Waals surface area contributed by atoms with E-state index in [1.807, 2.05) is 6.92 Å². The Balaban J connectivity index is 3.40. The third-order valence-corrected chi connectivity index (χ3v) is 1.94. The van der Waals surface area contributed by atoms with Crippen molar-refractivity contribution in [1.29, 1.82) is 0 Å². The molecule has 0 saturated heterocycles. The Hall–Kier alpha value is -1.58. The van der Waals surface area contributed by atoms with Gasteiger partial charge in [-0.3, -0.25) is 0 Å². The summed E-state index contributed by atoms with van der Waals surface area (Å²) in [5.41, 5.74) is 25.5. The number of hydrogen-bond acceptors (Lipinski definition) is 4. The summed E-state index contributed by atoms with van der Waals surface area (Å²) < 4.78 is 0. The minimum absolute atomic E-state index is 0.432. The van der Waals surface area contributed by atoms with Crippen LogP contribution in [0.1, 0.15) is 12.5 Å². The average molecular weight is 166 g/mol. The van der Waals surface area contributed by atoms with Crippen LogP contribution in [0.4, 0.5) is 22.7 Å². The molecule has 0 radical (unpaired) electrons. The van der Waals surface area contributed by atoms with Crippen LogP contribution in [0.15, 0.2) is 6.07 Å². The van der Waals surface area contributed by atoms with Crippen LogP contribution >= 0.6 is 0 Å². The van der Waals surface area contributed by atoms with Crippen LogP contribution in [0.2, 0.25) is 0 Å². The van der Waals surface area contributed by atoms with Crippen LogP contribution in [0.3, 0.4) is 0 Å². The summed E-state index contributed by atoms with van der Waals surface area (Å²) in [6, 6.07) is 1.64. The summed E-state index contributed by atoms with van der Waals surface area (Å²) >= 11 is 0. The molecule has 0 atom stereocenters. The van der Waals surface area contributed by atoms with E-state index in [2.05, 4.69) is 0 Å². The summed E-state index contributed by atoms with van der Waals surface area (Å²) in [5, 5.41) is 0. The Morgan fingerprint density at radius 1 is 1.00 bits per heavy atom. The van der Waals surface area contributed by atoms with E-state index >= 15 is 0 Å². The van der Waals surface area contributed by atoms with Crippen molar-refractivity contribution in [2.24, 2.45) is 0 Å². The highest BCUT2D eigenvalue weighted by Crippen LogP contribution is 2.31. The fraction of sp³-hybridized carbons (Fsp3) is 0.250. The van der Waals surface area contributed by atoms with Gasteiger partial charge in [0.1, 0.15) is 0 Å². The van der Waals surface area contributed by atoms with Crippen molar-refractivity contribution in [3.63, 3.8) is 0 Å². The number of benzene rings is 1. The zero-order valence-electron chi connectivity index (χ0n) is 7.09. The molecule has 0 bridgehead atoms. The van der Waals surface area contributed by atoms with Gasteiger partial charge in [0.25, 0.3) is 0 Å². The molecule has 4 heteroatoms. The van der Waals surface area contributed by atoms with Gasteiger partial charge in [-0.25, -0.2) is 0 Å². The third-order valence-electron chi connectivity index (χ3n) is 1.94. The first-order chi connectivity index (χ1) is 5.57. The van der Waals surface area contributed by atoms with Crippen LogP contribution < -0.4 is 22.9 Å². The summed E-state index contributed by atoms with van der Waals surface area (Å²) in [7, 11) is 0. The molecule has 12 heavy (non-hydrogen) atoms. The lowest BCUT2D eigenvalue weighted by molar-refractivity contribution is 1.15.